The van der Waals surface area contributed by atoms with Crippen LogP contribution in [0, 0.1) is 5.92 Å². The molecule has 0 amide bonds. The topological polar surface area (TPSA) is 53.0 Å². The lowest BCUT2D eigenvalue weighted by atomic mass is 9.93. The molecule has 0 bridgehead atoms. The van der Waals surface area contributed by atoms with Crippen molar-refractivity contribution in [1.82, 2.24) is 20.1 Å². The maximum atomic E-state index is 5.36. The van der Waals surface area contributed by atoms with E-state index in [0.717, 1.165) is 35.7 Å². The zero-order valence-electron chi connectivity index (χ0n) is 18.5. The van der Waals surface area contributed by atoms with Gasteiger partial charge in [-0.25, -0.2) is 4.98 Å². The first-order valence-corrected chi connectivity index (χ1v) is 10.8. The lowest BCUT2D eigenvalue weighted by Crippen LogP contribution is -2.56. The smallest absolute Gasteiger partial charge is 0.193 e. The van der Waals surface area contributed by atoms with Crippen LogP contribution in [0.25, 0.3) is 0 Å². The van der Waals surface area contributed by atoms with E-state index in [1.54, 1.807) is 18.4 Å². The minimum absolute atomic E-state index is 0. The van der Waals surface area contributed by atoms with E-state index >= 15 is 0 Å². The van der Waals surface area contributed by atoms with Gasteiger partial charge >= 0.3 is 0 Å². The zero-order chi connectivity index (χ0) is 20.0. The largest absolute Gasteiger partial charge is 0.375 e. The number of nitrogens with zero attached hydrogens (tertiary/aromatic N) is 4. The van der Waals surface area contributed by atoms with Gasteiger partial charge in [-0.15, -0.1) is 35.3 Å². The number of rotatable bonds is 7. The molecule has 1 saturated heterocycles. The van der Waals surface area contributed by atoms with Crippen LogP contribution in [-0.4, -0.2) is 67.1 Å². The van der Waals surface area contributed by atoms with Gasteiger partial charge in [0.2, 0.25) is 0 Å². The van der Waals surface area contributed by atoms with Crippen molar-refractivity contribution < 1.29 is 4.74 Å². The molecular weight excluding hydrogens is 485 g/mol. The van der Waals surface area contributed by atoms with Crippen molar-refractivity contribution in [3.63, 3.8) is 0 Å². The number of hydrogen-bond acceptors (Lipinski definition) is 5. The number of thiazole rings is 1. The van der Waals surface area contributed by atoms with Crippen LogP contribution in [0.1, 0.15) is 57.3 Å². The summed E-state index contributed by atoms with van der Waals surface area (Å²) in [5.41, 5.74) is 1.15. The SMILES string of the molecule is CN=C(NCC(C)(C)N1CCCC(C)C1)N(C)Cc1csc(C(C)OC)n1.I. The molecule has 1 aliphatic rings. The molecule has 1 aliphatic heterocycles. The number of aliphatic imine (C=N–C) groups is 1. The van der Waals surface area contributed by atoms with Gasteiger partial charge in [0.15, 0.2) is 5.96 Å². The molecule has 0 aliphatic carbocycles. The molecule has 1 aromatic rings. The number of aromatic nitrogens is 1. The quantitative estimate of drug-likeness (QED) is 0.333. The molecule has 0 spiro atoms. The molecule has 162 valence electrons. The highest BCUT2D eigenvalue weighted by molar-refractivity contribution is 14.0. The second-order valence-corrected chi connectivity index (χ2v) is 9.21. The van der Waals surface area contributed by atoms with Gasteiger partial charge in [-0.2, -0.15) is 0 Å². The highest BCUT2D eigenvalue weighted by Gasteiger charge is 2.30. The minimum Gasteiger partial charge on any atom is -0.375 e. The Bertz CT molecular complexity index is 621. The van der Waals surface area contributed by atoms with Crippen molar-refractivity contribution in [1.29, 1.82) is 0 Å². The van der Waals surface area contributed by atoms with Crippen LogP contribution >= 0.6 is 35.3 Å². The molecule has 1 fully saturated rings. The molecule has 1 aromatic heterocycles. The van der Waals surface area contributed by atoms with Gasteiger partial charge in [0.05, 0.1) is 12.2 Å². The van der Waals surface area contributed by atoms with Gasteiger partial charge < -0.3 is 15.0 Å². The van der Waals surface area contributed by atoms with Crippen molar-refractivity contribution in [3.8, 4) is 0 Å². The number of piperidine rings is 1. The van der Waals surface area contributed by atoms with Crippen LogP contribution in [0.2, 0.25) is 0 Å². The first-order chi connectivity index (χ1) is 12.8. The van der Waals surface area contributed by atoms with Crippen LogP contribution in [-0.2, 0) is 11.3 Å². The van der Waals surface area contributed by atoms with Crippen LogP contribution in [0.4, 0.5) is 0 Å². The highest BCUT2D eigenvalue weighted by Crippen LogP contribution is 2.24. The molecule has 28 heavy (non-hydrogen) atoms. The summed E-state index contributed by atoms with van der Waals surface area (Å²) in [5, 5.41) is 6.69. The lowest BCUT2D eigenvalue weighted by Gasteiger charge is -2.43. The summed E-state index contributed by atoms with van der Waals surface area (Å²) in [6, 6.07) is 0. The molecule has 8 heteroatoms. The van der Waals surface area contributed by atoms with Crippen LogP contribution in [0.3, 0.4) is 0 Å². The van der Waals surface area contributed by atoms with Gasteiger partial charge in [-0.05, 0) is 46.1 Å². The molecule has 0 aromatic carbocycles. The molecule has 0 saturated carbocycles. The zero-order valence-corrected chi connectivity index (χ0v) is 21.6. The molecule has 6 nitrogen and oxygen atoms in total. The van der Waals surface area contributed by atoms with E-state index in [0.29, 0.717) is 0 Å². The maximum absolute atomic E-state index is 5.36. The number of ether oxygens (including phenoxy) is 1. The number of methoxy groups -OCH3 is 1. The van der Waals surface area contributed by atoms with Gasteiger partial charge in [0.25, 0.3) is 0 Å². The van der Waals surface area contributed by atoms with E-state index in [1.165, 1.54) is 25.9 Å². The molecular formula is C20H38IN5OS. The third-order valence-electron chi connectivity index (χ3n) is 5.44. The molecule has 2 atom stereocenters. The Morgan fingerprint density at radius 3 is 2.86 bits per heavy atom. The van der Waals surface area contributed by atoms with Crippen LogP contribution < -0.4 is 5.32 Å². The molecule has 2 unspecified atom stereocenters. The van der Waals surface area contributed by atoms with E-state index in [1.807, 2.05) is 14.0 Å². The van der Waals surface area contributed by atoms with E-state index < -0.39 is 0 Å². The fraction of sp³-hybridized carbons (Fsp3) is 0.800. The summed E-state index contributed by atoms with van der Waals surface area (Å²) in [5.74, 6) is 1.69. The maximum Gasteiger partial charge on any atom is 0.193 e. The number of guanidine groups is 1. The molecule has 2 rings (SSSR count). The molecule has 0 radical (unpaired) electrons. The van der Waals surface area contributed by atoms with Crippen LogP contribution in [0.5, 0.6) is 0 Å². The van der Waals surface area contributed by atoms with E-state index in [-0.39, 0.29) is 35.6 Å². The number of halogens is 1. The Hall–Kier alpha value is -0.450. The van der Waals surface area contributed by atoms with E-state index in [9.17, 15) is 0 Å². The average molecular weight is 524 g/mol. The summed E-state index contributed by atoms with van der Waals surface area (Å²) in [6.07, 6.45) is 2.69. The lowest BCUT2D eigenvalue weighted by molar-refractivity contribution is 0.0735. The standard InChI is InChI=1S/C20H37N5OS.HI/c1-15-9-8-10-25(11-15)20(3,4)14-22-19(21-5)24(6)12-17-13-27-18(23-17)16(2)26-7;/h13,15-16H,8-12,14H2,1-7H3,(H,21,22);1H. The van der Waals surface area contributed by atoms with Gasteiger partial charge in [0, 0.05) is 45.2 Å². The summed E-state index contributed by atoms with van der Waals surface area (Å²) in [7, 11) is 5.62. The Kier molecular flexibility index (Phi) is 10.7. The van der Waals surface area contributed by atoms with Crippen LogP contribution in [0.15, 0.2) is 10.4 Å². The third kappa shape index (κ3) is 7.11. The molecule has 1 N–H and O–H groups in total. The van der Waals surface area contributed by atoms with Crippen molar-refractivity contribution in [2.45, 2.75) is 58.7 Å². The third-order valence-corrected chi connectivity index (χ3v) is 6.49. The summed E-state index contributed by atoms with van der Waals surface area (Å²) >= 11 is 1.65. The first kappa shape index (κ1) is 25.6. The number of nitrogens with one attached hydrogen (secondary N) is 1. The fourth-order valence-electron chi connectivity index (χ4n) is 3.53. The number of likely N-dealkylation sites (tertiary alicyclic amines) is 1. The fourth-order valence-corrected chi connectivity index (χ4v) is 4.37. The highest BCUT2D eigenvalue weighted by atomic mass is 127. The van der Waals surface area contributed by atoms with E-state index in [2.05, 4.69) is 58.3 Å². The Morgan fingerprint density at radius 1 is 1.54 bits per heavy atom. The summed E-state index contributed by atoms with van der Waals surface area (Å²) in [4.78, 5) is 13.9. The second-order valence-electron chi connectivity index (χ2n) is 8.32. The minimum atomic E-state index is 0. The Morgan fingerprint density at radius 2 is 2.25 bits per heavy atom. The van der Waals surface area contributed by atoms with Crippen molar-refractivity contribution in [2.24, 2.45) is 10.9 Å². The Labute approximate surface area is 192 Å². The molecule has 2 heterocycles. The Balaban J connectivity index is 0.00000392. The monoisotopic (exact) mass is 523 g/mol. The normalized spacial score (nSPS) is 19.8. The number of hydrogen-bond donors (Lipinski definition) is 1. The predicted octanol–water partition coefficient (Wildman–Crippen LogP) is 3.99. The second kappa shape index (κ2) is 11.7. The van der Waals surface area contributed by atoms with Gasteiger partial charge in [-0.3, -0.25) is 9.89 Å². The average Bonchev–Trinajstić information content (AvgIpc) is 3.10. The van der Waals surface area contributed by atoms with Gasteiger partial charge in [-0.1, -0.05) is 6.92 Å². The van der Waals surface area contributed by atoms with Crippen molar-refractivity contribution in [2.75, 3.05) is 40.8 Å². The summed E-state index contributed by atoms with van der Waals surface area (Å²) in [6.45, 7) is 13.0. The van der Waals surface area contributed by atoms with Crippen molar-refractivity contribution in [3.05, 3.63) is 16.1 Å². The predicted molar refractivity (Wildman–Crippen MR) is 130 cm³/mol. The van der Waals surface area contributed by atoms with E-state index in [4.69, 9.17) is 4.74 Å². The van der Waals surface area contributed by atoms with Gasteiger partial charge in [0.1, 0.15) is 11.1 Å². The van der Waals surface area contributed by atoms with Crippen molar-refractivity contribution >= 4 is 41.3 Å². The summed E-state index contributed by atoms with van der Waals surface area (Å²) < 4.78 is 5.36. The first-order valence-electron chi connectivity index (χ1n) is 9.90.